The predicted octanol–water partition coefficient (Wildman–Crippen LogP) is 3.86. The van der Waals surface area contributed by atoms with Gasteiger partial charge in [-0.25, -0.2) is 9.59 Å². The predicted molar refractivity (Wildman–Crippen MR) is 169 cm³/mol. The largest absolute Gasteiger partial charge is 0.614 e. The molecule has 0 saturated carbocycles. The molecule has 2 aliphatic rings. The standard InChI is InChI=1S/C34H35N3O8S/c1-34(2,3)45-33(41)36-25(21-14-8-5-9-15-21)29(38)35-26-30(39)37-27(24(43-4)20-46(42)31(26)37)32(40)44-28(22-16-10-6-11-17-22)23-18-12-7-13-19-23/h5-19,25-26,28,31H,20H2,1-4H3,(H,35,38)(H,36,41)/t25?,26-,31+,46?/m1/s1. The van der Waals surface area contributed by atoms with Crippen LogP contribution in [0.2, 0.25) is 0 Å². The zero-order valence-electron chi connectivity index (χ0n) is 25.8. The van der Waals surface area contributed by atoms with Gasteiger partial charge in [0.1, 0.15) is 11.6 Å². The molecule has 0 aliphatic carbocycles. The highest BCUT2D eigenvalue weighted by Crippen LogP contribution is 2.39. The summed E-state index contributed by atoms with van der Waals surface area (Å²) in [5.41, 5.74) is 0.870. The van der Waals surface area contributed by atoms with Crippen molar-refractivity contribution in [2.24, 2.45) is 0 Å². The number of alkyl carbamates (subject to hydrolysis) is 1. The molecular weight excluding hydrogens is 610 g/mol. The average Bonchev–Trinajstić information content (AvgIpc) is 3.04. The zero-order chi connectivity index (χ0) is 33.0. The Kier molecular flexibility index (Phi) is 9.68. The Hall–Kier alpha value is -4.81. The number of methoxy groups -OCH3 is 1. The molecule has 0 spiro atoms. The third-order valence-corrected chi connectivity index (χ3v) is 8.88. The summed E-state index contributed by atoms with van der Waals surface area (Å²) < 4.78 is 30.2. The second kappa shape index (κ2) is 13.7. The van der Waals surface area contributed by atoms with Gasteiger partial charge in [-0.2, -0.15) is 0 Å². The molecule has 3 aromatic rings. The van der Waals surface area contributed by atoms with E-state index in [0.29, 0.717) is 16.7 Å². The monoisotopic (exact) mass is 645 g/mol. The Morgan fingerprint density at radius 3 is 1.91 bits per heavy atom. The highest BCUT2D eigenvalue weighted by atomic mass is 32.2. The van der Waals surface area contributed by atoms with Crippen LogP contribution in [0.4, 0.5) is 4.79 Å². The lowest BCUT2D eigenvalue weighted by Gasteiger charge is -2.49. The topological polar surface area (TPSA) is 146 Å². The highest BCUT2D eigenvalue weighted by molar-refractivity contribution is 7.92. The lowest BCUT2D eigenvalue weighted by molar-refractivity contribution is -0.155. The van der Waals surface area contributed by atoms with Crippen molar-refractivity contribution in [3.63, 3.8) is 0 Å². The van der Waals surface area contributed by atoms with Gasteiger partial charge in [0.15, 0.2) is 29.4 Å². The molecule has 2 aliphatic heterocycles. The number of amides is 3. The number of nitrogens with zero attached hydrogens (tertiary/aromatic N) is 1. The second-order valence-corrected chi connectivity index (χ2v) is 13.2. The number of carbonyl (C=O) groups is 4. The SMILES string of the molecule is COC1=C(C(=O)OC(c2ccccc2)c2ccccc2)N2C(=O)[C@@H](NC(=O)C(NC(=O)OC(C)(C)C)c3ccccc3)[C@@H]2[S+]([O-])C1. The van der Waals surface area contributed by atoms with Crippen LogP contribution >= 0.6 is 0 Å². The van der Waals surface area contributed by atoms with E-state index in [9.17, 15) is 23.7 Å². The van der Waals surface area contributed by atoms with E-state index in [2.05, 4.69) is 10.6 Å². The molecular formula is C34H35N3O8S. The Morgan fingerprint density at radius 2 is 1.41 bits per heavy atom. The molecule has 1 saturated heterocycles. The zero-order valence-corrected chi connectivity index (χ0v) is 26.6. The van der Waals surface area contributed by atoms with Gasteiger partial charge in [0.25, 0.3) is 5.91 Å². The van der Waals surface area contributed by atoms with E-state index in [4.69, 9.17) is 14.2 Å². The minimum atomic E-state index is -1.74. The molecule has 2 unspecified atom stereocenters. The lowest BCUT2D eigenvalue weighted by atomic mass is 10.0. The van der Waals surface area contributed by atoms with Crippen molar-refractivity contribution in [3.05, 3.63) is 119 Å². The summed E-state index contributed by atoms with van der Waals surface area (Å²) in [4.78, 5) is 54.7. The van der Waals surface area contributed by atoms with Crippen LogP contribution in [-0.4, -0.2) is 63.2 Å². The Balaban J connectivity index is 1.38. The molecule has 5 rings (SSSR count). The molecule has 3 aromatic carbocycles. The summed E-state index contributed by atoms with van der Waals surface area (Å²) in [6.07, 6.45) is -1.63. The van der Waals surface area contributed by atoms with Crippen LogP contribution in [0.1, 0.15) is 49.6 Å². The van der Waals surface area contributed by atoms with Gasteiger partial charge in [0, 0.05) is 0 Å². The van der Waals surface area contributed by atoms with E-state index >= 15 is 0 Å². The van der Waals surface area contributed by atoms with E-state index < -0.39 is 64.2 Å². The van der Waals surface area contributed by atoms with Crippen molar-refractivity contribution >= 4 is 35.1 Å². The average molecular weight is 646 g/mol. The first kappa shape index (κ1) is 32.6. The summed E-state index contributed by atoms with van der Waals surface area (Å²) >= 11 is -1.74. The lowest BCUT2D eigenvalue weighted by Crippen LogP contribution is -2.75. The molecule has 0 aromatic heterocycles. The van der Waals surface area contributed by atoms with E-state index in [1.807, 2.05) is 60.7 Å². The fraction of sp³-hybridized carbons (Fsp3) is 0.294. The van der Waals surface area contributed by atoms with Gasteiger partial charge in [-0.05, 0) is 48.6 Å². The molecule has 3 amide bonds. The van der Waals surface area contributed by atoms with Crippen LogP contribution in [0.3, 0.4) is 0 Å². The molecule has 1 fully saturated rings. The highest BCUT2D eigenvalue weighted by Gasteiger charge is 2.62. The fourth-order valence-corrected chi connectivity index (χ4v) is 6.86. The smallest absolute Gasteiger partial charge is 0.408 e. The van der Waals surface area contributed by atoms with Crippen molar-refractivity contribution in [3.8, 4) is 0 Å². The van der Waals surface area contributed by atoms with Crippen molar-refractivity contribution in [1.29, 1.82) is 0 Å². The van der Waals surface area contributed by atoms with Gasteiger partial charge in [0.2, 0.25) is 11.3 Å². The quantitative estimate of drug-likeness (QED) is 0.203. The normalized spacial score (nSPS) is 19.8. The van der Waals surface area contributed by atoms with Crippen LogP contribution < -0.4 is 10.6 Å². The molecule has 0 radical (unpaired) electrons. The number of fused-ring (bicyclic) bond motifs is 1. The summed E-state index contributed by atoms with van der Waals surface area (Å²) in [6.45, 7) is 5.07. The molecule has 240 valence electrons. The van der Waals surface area contributed by atoms with E-state index in [-0.39, 0.29) is 17.2 Å². The maximum absolute atomic E-state index is 13.8. The molecule has 12 heteroatoms. The van der Waals surface area contributed by atoms with Gasteiger partial charge < -0.3 is 29.4 Å². The van der Waals surface area contributed by atoms with Crippen LogP contribution in [0.15, 0.2) is 102 Å². The Morgan fingerprint density at radius 1 is 0.891 bits per heavy atom. The number of β-lactam (4-membered cyclic amide) rings is 1. The Bertz CT molecular complexity index is 1570. The first-order valence-corrected chi connectivity index (χ1v) is 16.0. The number of carbonyl (C=O) groups excluding carboxylic acids is 4. The summed E-state index contributed by atoms with van der Waals surface area (Å²) in [6, 6.07) is 24.3. The van der Waals surface area contributed by atoms with E-state index in [0.717, 1.165) is 4.90 Å². The maximum Gasteiger partial charge on any atom is 0.408 e. The van der Waals surface area contributed by atoms with Gasteiger partial charge in [0.05, 0.1) is 7.11 Å². The molecule has 46 heavy (non-hydrogen) atoms. The van der Waals surface area contributed by atoms with Crippen LogP contribution in [0, 0.1) is 0 Å². The van der Waals surface area contributed by atoms with Gasteiger partial charge >= 0.3 is 12.1 Å². The number of ether oxygens (including phenoxy) is 3. The van der Waals surface area contributed by atoms with Crippen molar-refractivity contribution in [2.45, 2.75) is 49.9 Å². The first-order chi connectivity index (χ1) is 22.0. The molecule has 11 nitrogen and oxygen atoms in total. The van der Waals surface area contributed by atoms with Crippen molar-refractivity contribution < 1.29 is 37.9 Å². The van der Waals surface area contributed by atoms with Gasteiger partial charge in [-0.3, -0.25) is 14.5 Å². The van der Waals surface area contributed by atoms with Crippen LogP contribution in [0.25, 0.3) is 0 Å². The summed E-state index contributed by atoms with van der Waals surface area (Å²) in [5.74, 6) is -2.38. The minimum absolute atomic E-state index is 0.0336. The number of rotatable bonds is 9. The number of hydrogen-bond donors (Lipinski definition) is 2. The van der Waals surface area contributed by atoms with Crippen LogP contribution in [0.5, 0.6) is 0 Å². The number of benzene rings is 3. The van der Waals surface area contributed by atoms with E-state index in [1.165, 1.54) is 7.11 Å². The minimum Gasteiger partial charge on any atom is -0.614 e. The second-order valence-electron chi connectivity index (χ2n) is 11.7. The summed E-state index contributed by atoms with van der Waals surface area (Å²) in [5, 5.41) is 4.13. The molecule has 4 atom stereocenters. The Labute approximate surface area is 270 Å². The third kappa shape index (κ3) is 7.03. The third-order valence-electron chi connectivity index (χ3n) is 7.31. The van der Waals surface area contributed by atoms with Crippen molar-refractivity contribution in [1.82, 2.24) is 15.5 Å². The number of nitrogens with one attached hydrogen (secondary N) is 2. The maximum atomic E-state index is 13.8. The van der Waals surface area contributed by atoms with E-state index in [1.54, 1.807) is 51.1 Å². The summed E-state index contributed by atoms with van der Waals surface area (Å²) in [7, 11) is 1.32. The molecule has 2 N–H and O–H groups in total. The fourth-order valence-electron chi connectivity index (χ4n) is 5.24. The molecule has 2 heterocycles. The van der Waals surface area contributed by atoms with Crippen molar-refractivity contribution in [2.75, 3.05) is 12.9 Å². The van der Waals surface area contributed by atoms with Crippen LogP contribution in [-0.2, 0) is 39.8 Å². The first-order valence-electron chi connectivity index (χ1n) is 14.6. The van der Waals surface area contributed by atoms with Gasteiger partial charge in [-0.1, -0.05) is 91.0 Å². The number of esters is 1. The van der Waals surface area contributed by atoms with Gasteiger partial charge in [-0.15, -0.1) is 0 Å². The number of hydrogen-bond acceptors (Lipinski definition) is 8. The molecule has 0 bridgehead atoms.